The van der Waals surface area contributed by atoms with Gasteiger partial charge in [0.25, 0.3) is 11.8 Å². The van der Waals surface area contributed by atoms with Gasteiger partial charge in [-0.2, -0.15) is 0 Å². The molecule has 0 fully saturated rings. The standard InChI is InChI=1S/C26H24N2O6S/c1-33-23-15-20(29)12-11-18(23)13-22(28-25(31)17-7-4-3-5-8-17)26(32)27-19-9-6-10-21(14-19)35-16-24(30)34-2/h3-15,29H,16H2,1-2H3,(H,27,32)(H,28,31)/b22-13-. The van der Waals surface area contributed by atoms with Gasteiger partial charge < -0.3 is 25.2 Å². The Balaban J connectivity index is 1.88. The molecule has 0 aliphatic heterocycles. The van der Waals surface area contributed by atoms with E-state index >= 15 is 0 Å². The van der Waals surface area contributed by atoms with Gasteiger partial charge in [0.1, 0.15) is 17.2 Å². The lowest BCUT2D eigenvalue weighted by Gasteiger charge is -2.13. The fourth-order valence-corrected chi connectivity index (χ4v) is 3.77. The van der Waals surface area contributed by atoms with Crippen LogP contribution in [-0.2, 0) is 14.3 Å². The molecule has 8 nitrogen and oxygen atoms in total. The molecule has 0 saturated heterocycles. The number of phenolic OH excluding ortho intramolecular Hbond substituents is 1. The Morgan fingerprint density at radius 2 is 1.74 bits per heavy atom. The summed E-state index contributed by atoms with van der Waals surface area (Å²) in [5.41, 5.74) is 1.30. The van der Waals surface area contributed by atoms with Gasteiger partial charge in [0.15, 0.2) is 0 Å². The molecule has 0 aliphatic carbocycles. The number of carbonyl (C=O) groups excluding carboxylic acids is 3. The molecule has 0 bridgehead atoms. The zero-order valence-electron chi connectivity index (χ0n) is 19.1. The molecule has 0 atom stereocenters. The van der Waals surface area contributed by atoms with E-state index in [9.17, 15) is 19.5 Å². The number of rotatable bonds is 9. The van der Waals surface area contributed by atoms with Crippen LogP contribution in [0.5, 0.6) is 11.5 Å². The van der Waals surface area contributed by atoms with Gasteiger partial charge in [-0.15, -0.1) is 11.8 Å². The molecule has 3 aromatic carbocycles. The number of thioether (sulfide) groups is 1. The van der Waals surface area contributed by atoms with Crippen LogP contribution in [0.2, 0.25) is 0 Å². The predicted octanol–water partition coefficient (Wildman–Crippen LogP) is 4.08. The number of carbonyl (C=O) groups is 3. The molecule has 0 aliphatic rings. The normalized spacial score (nSPS) is 10.9. The summed E-state index contributed by atoms with van der Waals surface area (Å²) in [6.07, 6.45) is 1.46. The number of hydrogen-bond donors (Lipinski definition) is 3. The third-order valence-corrected chi connectivity index (χ3v) is 5.69. The number of amides is 2. The zero-order chi connectivity index (χ0) is 25.2. The summed E-state index contributed by atoms with van der Waals surface area (Å²) in [6, 6.07) is 19.9. The molecule has 0 heterocycles. The second-order valence-corrected chi connectivity index (χ2v) is 8.20. The van der Waals surface area contributed by atoms with Gasteiger partial charge in [0, 0.05) is 27.8 Å². The lowest BCUT2D eigenvalue weighted by Crippen LogP contribution is -2.30. The summed E-state index contributed by atoms with van der Waals surface area (Å²) in [5, 5.41) is 15.2. The average molecular weight is 493 g/mol. The Bertz CT molecular complexity index is 1240. The highest BCUT2D eigenvalue weighted by atomic mass is 32.2. The fourth-order valence-electron chi connectivity index (χ4n) is 2.98. The summed E-state index contributed by atoms with van der Waals surface area (Å²) in [4.78, 5) is 38.2. The number of hydrogen-bond acceptors (Lipinski definition) is 7. The summed E-state index contributed by atoms with van der Waals surface area (Å²) in [6.45, 7) is 0. The first kappa shape index (κ1) is 25.4. The van der Waals surface area contributed by atoms with Crippen LogP contribution in [0.25, 0.3) is 6.08 Å². The van der Waals surface area contributed by atoms with Crippen molar-refractivity contribution in [1.29, 1.82) is 0 Å². The summed E-state index contributed by atoms with van der Waals surface area (Å²) in [5.74, 6) is -0.940. The van der Waals surface area contributed by atoms with Crippen molar-refractivity contribution >= 4 is 41.3 Å². The molecule has 0 spiro atoms. The van der Waals surface area contributed by atoms with Crippen LogP contribution in [0.4, 0.5) is 5.69 Å². The molecule has 2 amide bonds. The SMILES string of the molecule is COC(=O)CSc1cccc(NC(=O)/C(=C/c2ccc(O)cc2OC)NC(=O)c2ccccc2)c1. The van der Waals surface area contributed by atoms with Gasteiger partial charge in [-0.3, -0.25) is 14.4 Å². The van der Waals surface area contributed by atoms with Crippen molar-refractivity contribution in [3.63, 3.8) is 0 Å². The Morgan fingerprint density at radius 1 is 0.971 bits per heavy atom. The van der Waals surface area contributed by atoms with Crippen molar-refractivity contribution in [2.75, 3.05) is 25.3 Å². The molecule has 180 valence electrons. The molecule has 3 rings (SSSR count). The Hall–Kier alpha value is -4.24. The molecule has 0 radical (unpaired) electrons. The number of methoxy groups -OCH3 is 2. The number of ether oxygens (including phenoxy) is 2. The van der Waals surface area contributed by atoms with Gasteiger partial charge >= 0.3 is 5.97 Å². The number of anilines is 1. The first-order chi connectivity index (χ1) is 16.9. The van der Waals surface area contributed by atoms with Crippen molar-refractivity contribution in [1.82, 2.24) is 5.32 Å². The number of benzene rings is 3. The van der Waals surface area contributed by atoms with Crippen molar-refractivity contribution in [2.24, 2.45) is 0 Å². The highest BCUT2D eigenvalue weighted by Gasteiger charge is 2.16. The molecule has 0 aromatic heterocycles. The molecule has 9 heteroatoms. The number of nitrogens with one attached hydrogen (secondary N) is 2. The monoisotopic (exact) mass is 492 g/mol. The molecule has 0 saturated carbocycles. The second-order valence-electron chi connectivity index (χ2n) is 7.15. The van der Waals surface area contributed by atoms with E-state index in [0.29, 0.717) is 22.6 Å². The van der Waals surface area contributed by atoms with Crippen LogP contribution in [0.15, 0.2) is 83.4 Å². The lowest BCUT2D eigenvalue weighted by molar-refractivity contribution is -0.137. The van der Waals surface area contributed by atoms with Crippen molar-refractivity contribution < 1.29 is 29.0 Å². The first-order valence-electron chi connectivity index (χ1n) is 10.5. The Morgan fingerprint density at radius 3 is 2.46 bits per heavy atom. The van der Waals surface area contributed by atoms with Crippen LogP contribution in [0, 0.1) is 0 Å². The van der Waals surface area contributed by atoms with E-state index in [4.69, 9.17) is 4.74 Å². The zero-order valence-corrected chi connectivity index (χ0v) is 19.9. The van der Waals surface area contributed by atoms with E-state index in [2.05, 4.69) is 15.4 Å². The molecule has 3 aromatic rings. The minimum absolute atomic E-state index is 0.000378. The average Bonchev–Trinajstić information content (AvgIpc) is 2.88. The van der Waals surface area contributed by atoms with Gasteiger partial charge in [-0.25, -0.2) is 0 Å². The number of aromatic hydroxyl groups is 1. The topological polar surface area (TPSA) is 114 Å². The molecular weight excluding hydrogens is 468 g/mol. The van der Waals surface area contributed by atoms with E-state index in [0.717, 1.165) is 4.90 Å². The summed E-state index contributed by atoms with van der Waals surface area (Å²) < 4.78 is 9.95. The van der Waals surface area contributed by atoms with E-state index < -0.39 is 11.8 Å². The van der Waals surface area contributed by atoms with E-state index in [1.807, 2.05) is 0 Å². The van der Waals surface area contributed by atoms with E-state index in [1.54, 1.807) is 60.7 Å². The maximum Gasteiger partial charge on any atom is 0.315 e. The van der Waals surface area contributed by atoms with Gasteiger partial charge in [0.2, 0.25) is 0 Å². The highest BCUT2D eigenvalue weighted by molar-refractivity contribution is 8.00. The third-order valence-electron chi connectivity index (χ3n) is 4.72. The fraction of sp³-hybridized carbons (Fsp3) is 0.115. The predicted molar refractivity (Wildman–Crippen MR) is 134 cm³/mol. The van der Waals surface area contributed by atoms with Gasteiger partial charge in [-0.1, -0.05) is 24.3 Å². The minimum Gasteiger partial charge on any atom is -0.508 e. The molecule has 0 unspecified atom stereocenters. The number of phenols is 1. The Labute approximate surface area is 207 Å². The highest BCUT2D eigenvalue weighted by Crippen LogP contribution is 2.26. The summed E-state index contributed by atoms with van der Waals surface area (Å²) >= 11 is 1.27. The van der Waals surface area contributed by atoms with Gasteiger partial charge in [-0.05, 0) is 48.5 Å². The lowest BCUT2D eigenvalue weighted by atomic mass is 10.1. The van der Waals surface area contributed by atoms with Crippen LogP contribution in [0.1, 0.15) is 15.9 Å². The van der Waals surface area contributed by atoms with E-state index in [1.165, 1.54) is 44.2 Å². The van der Waals surface area contributed by atoms with E-state index in [-0.39, 0.29) is 23.2 Å². The minimum atomic E-state index is -0.570. The third kappa shape index (κ3) is 7.38. The quantitative estimate of drug-likeness (QED) is 0.234. The first-order valence-corrected chi connectivity index (χ1v) is 11.4. The van der Waals surface area contributed by atoms with Crippen LogP contribution in [0.3, 0.4) is 0 Å². The van der Waals surface area contributed by atoms with Crippen molar-refractivity contribution in [2.45, 2.75) is 4.90 Å². The van der Waals surface area contributed by atoms with Crippen molar-refractivity contribution in [3.05, 3.63) is 89.6 Å². The van der Waals surface area contributed by atoms with Crippen LogP contribution < -0.4 is 15.4 Å². The van der Waals surface area contributed by atoms with Gasteiger partial charge in [0.05, 0.1) is 20.0 Å². The Kier molecular flexibility index (Phi) is 8.91. The van der Waals surface area contributed by atoms with Crippen molar-refractivity contribution in [3.8, 4) is 11.5 Å². The molecule has 3 N–H and O–H groups in total. The largest absolute Gasteiger partial charge is 0.508 e. The van der Waals surface area contributed by atoms with Crippen LogP contribution in [-0.4, -0.2) is 42.9 Å². The maximum absolute atomic E-state index is 13.2. The maximum atomic E-state index is 13.2. The number of esters is 1. The molecular formula is C26H24N2O6S. The second kappa shape index (κ2) is 12.3. The van der Waals surface area contributed by atoms with Crippen LogP contribution >= 0.6 is 11.8 Å². The summed E-state index contributed by atoms with van der Waals surface area (Å²) in [7, 11) is 2.76. The molecule has 35 heavy (non-hydrogen) atoms. The smallest absolute Gasteiger partial charge is 0.315 e.